The molecule has 0 aromatic rings. The summed E-state index contributed by atoms with van der Waals surface area (Å²) < 4.78 is 87.4. The molecule has 0 radical (unpaired) electrons. The monoisotopic (exact) mass is 314 g/mol. The van der Waals surface area contributed by atoms with E-state index in [1.54, 1.807) is 0 Å². The van der Waals surface area contributed by atoms with Crippen molar-refractivity contribution in [2.75, 3.05) is 0 Å². The number of hydrogen-bond donors (Lipinski definition) is 3. The fourth-order valence-corrected chi connectivity index (χ4v) is 0. The third-order valence-corrected chi connectivity index (χ3v) is 3.19. The molecule has 0 rings (SSSR count). The van der Waals surface area contributed by atoms with Crippen molar-refractivity contribution in [1.29, 1.82) is 0 Å². The predicted molar refractivity (Wildman–Crippen MR) is 42.8 cm³/mol. The van der Waals surface area contributed by atoms with Crippen molar-refractivity contribution in [2.24, 2.45) is 0 Å². The molecule has 0 saturated heterocycles. The Morgan fingerprint density at radius 2 is 1.07 bits per heavy atom. The van der Waals surface area contributed by atoms with E-state index in [-0.39, 0.29) is 29.6 Å². The van der Waals surface area contributed by atoms with E-state index in [1.165, 1.54) is 0 Å². The largest absolute Gasteiger partial charge is 1.00 e. The van der Waals surface area contributed by atoms with E-state index >= 15 is 0 Å². The summed E-state index contributed by atoms with van der Waals surface area (Å²) in [6.45, 7) is 0. The zero-order valence-electron chi connectivity index (χ0n) is 6.83. The van der Waals surface area contributed by atoms with Crippen LogP contribution in [0.3, 0.4) is 0 Å². The molecule has 0 aliphatic heterocycles. The first kappa shape index (κ1) is 21.3. The molecular weight excluding hydrogens is 311 g/mol. The van der Waals surface area contributed by atoms with Crippen molar-refractivity contribution < 1.29 is 73.0 Å². The SMILES string of the molecule is O=S(O)S(=O)(=O)O.O=S(O)S(=O)(=O)[O-].[Na+]. The average Bonchev–Trinajstić information content (AvgIpc) is 1.83. The Kier molecular flexibility index (Phi) is 11.6. The molecule has 0 aromatic heterocycles. The maximum Gasteiger partial charge on any atom is 1.00 e. The summed E-state index contributed by atoms with van der Waals surface area (Å²) in [6.07, 6.45) is 0. The Morgan fingerprint density at radius 3 is 1.07 bits per heavy atom. The zero-order chi connectivity index (χ0) is 12.2. The second kappa shape index (κ2) is 8.18. The topological polar surface area (TPSA) is 186 Å². The summed E-state index contributed by atoms with van der Waals surface area (Å²) in [7, 11) is -16.1. The third-order valence-electron chi connectivity index (χ3n) is 0.355. The van der Waals surface area contributed by atoms with Gasteiger partial charge in [0.15, 0.2) is 0 Å². The molecule has 0 saturated carbocycles. The molecule has 0 aliphatic carbocycles. The Morgan fingerprint density at radius 1 is 0.933 bits per heavy atom. The normalized spacial score (nSPS) is 15.2. The van der Waals surface area contributed by atoms with Gasteiger partial charge in [0, 0.05) is 0 Å². The zero-order valence-corrected chi connectivity index (χ0v) is 12.1. The fourth-order valence-electron chi connectivity index (χ4n) is 0. The van der Waals surface area contributed by atoms with Gasteiger partial charge in [0.2, 0.25) is 9.15 Å². The Labute approximate surface area is 111 Å². The van der Waals surface area contributed by atoms with E-state index in [4.69, 9.17) is 13.7 Å². The predicted octanol–water partition coefficient (Wildman–Crippen LogP) is -5.32. The van der Waals surface area contributed by atoms with Crippen LogP contribution in [-0.4, -0.2) is 43.5 Å². The van der Waals surface area contributed by atoms with Gasteiger partial charge < -0.3 is 4.55 Å². The summed E-state index contributed by atoms with van der Waals surface area (Å²) in [5.41, 5.74) is 0. The molecule has 10 nitrogen and oxygen atoms in total. The quantitative estimate of drug-likeness (QED) is 0.192. The van der Waals surface area contributed by atoms with Gasteiger partial charge in [0.25, 0.3) is 10.1 Å². The van der Waals surface area contributed by atoms with Gasteiger partial charge in [-0.1, -0.05) is 0 Å². The minimum absolute atomic E-state index is 0. The summed E-state index contributed by atoms with van der Waals surface area (Å²) in [5.74, 6) is 0. The van der Waals surface area contributed by atoms with Gasteiger partial charge in [0.1, 0.15) is 0 Å². The molecule has 15 heteroatoms. The Bertz CT molecular complexity index is 368. The van der Waals surface area contributed by atoms with Crippen LogP contribution in [0.15, 0.2) is 0 Å². The van der Waals surface area contributed by atoms with Gasteiger partial charge in [0.05, 0.1) is 0 Å². The van der Waals surface area contributed by atoms with Crippen molar-refractivity contribution in [1.82, 2.24) is 0 Å². The summed E-state index contributed by atoms with van der Waals surface area (Å²) in [5, 5.41) is 0. The second-order valence-electron chi connectivity index (χ2n) is 1.27. The van der Waals surface area contributed by atoms with E-state index in [9.17, 15) is 29.8 Å². The smallest absolute Gasteiger partial charge is 0.736 e. The Balaban J connectivity index is -0.000000180. The molecule has 2 atom stereocenters. The van der Waals surface area contributed by atoms with Crippen molar-refractivity contribution >= 4 is 38.5 Å². The first-order valence-corrected chi connectivity index (χ1v) is 8.14. The van der Waals surface area contributed by atoms with Crippen molar-refractivity contribution in [2.45, 2.75) is 0 Å². The molecule has 0 aliphatic rings. The van der Waals surface area contributed by atoms with Crippen LogP contribution in [-0.2, 0) is 38.5 Å². The van der Waals surface area contributed by atoms with Crippen molar-refractivity contribution in [3.8, 4) is 0 Å². The maximum absolute atomic E-state index is 9.34. The molecule has 15 heavy (non-hydrogen) atoms. The van der Waals surface area contributed by atoms with Gasteiger partial charge in [-0.2, -0.15) is 8.42 Å². The summed E-state index contributed by atoms with van der Waals surface area (Å²) >= 11 is 0. The van der Waals surface area contributed by atoms with Crippen LogP contribution in [0.5, 0.6) is 0 Å². The van der Waals surface area contributed by atoms with Crippen LogP contribution >= 0.6 is 0 Å². The van der Waals surface area contributed by atoms with Crippen LogP contribution in [0.1, 0.15) is 0 Å². The Hall–Kier alpha value is 1.04. The van der Waals surface area contributed by atoms with Crippen LogP contribution in [0.25, 0.3) is 0 Å². The van der Waals surface area contributed by atoms with Crippen LogP contribution in [0, 0.1) is 0 Å². The third kappa shape index (κ3) is 15.0. The first-order valence-electron chi connectivity index (χ1n) is 2.05. The summed E-state index contributed by atoms with van der Waals surface area (Å²) in [4.78, 5) is 0. The van der Waals surface area contributed by atoms with Crippen LogP contribution < -0.4 is 29.6 Å². The molecule has 0 heterocycles. The molecule has 88 valence electrons. The standard InChI is InChI=1S/Na.2H2O5S2/c;2*1-6(2)7(3,4)5/h;2*(H,1,2)(H,3,4,5)/q+1;;/p-1. The van der Waals surface area contributed by atoms with Crippen molar-refractivity contribution in [3.63, 3.8) is 0 Å². The molecule has 3 N–H and O–H groups in total. The molecule has 0 bridgehead atoms. The molecule has 0 spiro atoms. The minimum atomic E-state index is -4.96. The van der Waals surface area contributed by atoms with E-state index < -0.39 is 38.5 Å². The van der Waals surface area contributed by atoms with Crippen molar-refractivity contribution in [3.05, 3.63) is 0 Å². The molecule has 0 aromatic carbocycles. The molecule has 2 unspecified atom stereocenters. The van der Waals surface area contributed by atoms with E-state index in [0.717, 1.165) is 0 Å². The second-order valence-corrected chi connectivity index (χ2v) is 8.01. The van der Waals surface area contributed by atoms with E-state index in [1.807, 2.05) is 0 Å². The minimum Gasteiger partial charge on any atom is -0.736 e. The van der Waals surface area contributed by atoms with Gasteiger partial charge in [-0.05, 0) is 0 Å². The van der Waals surface area contributed by atoms with Gasteiger partial charge in [-0.15, -0.1) is 0 Å². The average molecular weight is 314 g/mol. The van der Waals surface area contributed by atoms with Gasteiger partial charge in [-0.3, -0.25) is 13.7 Å². The van der Waals surface area contributed by atoms with Gasteiger partial charge >= 0.3 is 48.8 Å². The first-order chi connectivity index (χ1) is 5.89. The van der Waals surface area contributed by atoms with E-state index in [2.05, 4.69) is 0 Å². The maximum atomic E-state index is 9.34. The fraction of sp³-hybridized carbons (Fsp3) is 0. The molecule has 0 amide bonds. The van der Waals surface area contributed by atoms with Crippen LogP contribution in [0.2, 0.25) is 0 Å². The van der Waals surface area contributed by atoms with E-state index in [0.29, 0.717) is 0 Å². The summed E-state index contributed by atoms with van der Waals surface area (Å²) in [6, 6.07) is 0. The number of rotatable bonds is 2. The molecule has 0 fully saturated rings. The number of hydrogen-bond acceptors (Lipinski definition) is 7. The van der Waals surface area contributed by atoms with Gasteiger partial charge in [-0.25, -0.2) is 16.8 Å². The van der Waals surface area contributed by atoms with Crippen LogP contribution in [0.4, 0.5) is 0 Å². The molecular formula is H3NaO10S4.